The molecule has 2 atom stereocenters. The SMILES string of the molecule is CNC(=O)C(N[C@@H](CCc1ccc(C(F)(F)F)nc1)c1sc(C)nc1C)c1ccc(F)cc1. The standard InChI is InChI=1S/C23H24F4N4OS/c1-13-21(33-14(2)30-13)18(10-4-15-5-11-19(29-12-15)23(25,26)27)31-20(22(32)28-3)16-6-8-17(24)9-7-16/h5-9,11-12,18,20,31H,4,10H2,1-3H3,(H,28,32)/t18-,20?/m0/s1. The Morgan fingerprint density at radius 2 is 1.82 bits per heavy atom. The van der Waals surface area contributed by atoms with E-state index < -0.39 is 23.7 Å². The summed E-state index contributed by atoms with van der Waals surface area (Å²) in [6, 6.07) is 6.97. The van der Waals surface area contributed by atoms with Crippen LogP contribution >= 0.6 is 11.3 Å². The Labute approximate surface area is 193 Å². The summed E-state index contributed by atoms with van der Waals surface area (Å²) >= 11 is 1.49. The maximum absolute atomic E-state index is 13.4. The van der Waals surface area contributed by atoms with Gasteiger partial charge in [-0.2, -0.15) is 13.2 Å². The molecule has 0 aliphatic heterocycles. The predicted octanol–water partition coefficient (Wildman–Crippen LogP) is 5.06. The van der Waals surface area contributed by atoms with Gasteiger partial charge in [0.1, 0.15) is 17.6 Å². The Kier molecular flexibility index (Phi) is 7.80. The third kappa shape index (κ3) is 6.35. The highest BCUT2D eigenvalue weighted by molar-refractivity contribution is 7.11. The van der Waals surface area contributed by atoms with E-state index in [9.17, 15) is 22.4 Å². The minimum absolute atomic E-state index is 0.290. The van der Waals surface area contributed by atoms with Crippen molar-refractivity contribution < 1.29 is 22.4 Å². The van der Waals surface area contributed by atoms with Gasteiger partial charge in [0.05, 0.1) is 10.7 Å². The van der Waals surface area contributed by atoms with E-state index in [-0.39, 0.29) is 11.9 Å². The van der Waals surface area contributed by atoms with E-state index in [0.29, 0.717) is 24.0 Å². The van der Waals surface area contributed by atoms with Crippen LogP contribution < -0.4 is 10.6 Å². The van der Waals surface area contributed by atoms with Crippen LogP contribution in [0.15, 0.2) is 42.6 Å². The number of pyridine rings is 1. The lowest BCUT2D eigenvalue weighted by molar-refractivity contribution is -0.141. The highest BCUT2D eigenvalue weighted by Gasteiger charge is 2.32. The summed E-state index contributed by atoms with van der Waals surface area (Å²) in [5.74, 6) is -0.698. The summed E-state index contributed by atoms with van der Waals surface area (Å²) in [7, 11) is 1.52. The van der Waals surface area contributed by atoms with Crippen LogP contribution in [0.2, 0.25) is 0 Å². The van der Waals surface area contributed by atoms with Gasteiger partial charge in [-0.05, 0) is 56.0 Å². The van der Waals surface area contributed by atoms with Crippen LogP contribution in [-0.4, -0.2) is 22.9 Å². The molecule has 10 heteroatoms. The molecule has 0 fully saturated rings. The van der Waals surface area contributed by atoms with Gasteiger partial charge in [0.15, 0.2) is 0 Å². The van der Waals surface area contributed by atoms with E-state index in [0.717, 1.165) is 21.6 Å². The van der Waals surface area contributed by atoms with Crippen molar-refractivity contribution in [3.05, 3.63) is 80.8 Å². The molecular formula is C23H24F4N4OS. The van der Waals surface area contributed by atoms with Crippen molar-refractivity contribution in [1.29, 1.82) is 0 Å². The molecule has 3 rings (SSSR count). The number of carbonyl (C=O) groups is 1. The van der Waals surface area contributed by atoms with Gasteiger partial charge in [-0.15, -0.1) is 11.3 Å². The van der Waals surface area contributed by atoms with Gasteiger partial charge in [-0.25, -0.2) is 9.37 Å². The monoisotopic (exact) mass is 480 g/mol. The van der Waals surface area contributed by atoms with E-state index >= 15 is 0 Å². The molecule has 0 aliphatic rings. The number of thiazole rings is 1. The van der Waals surface area contributed by atoms with Crippen molar-refractivity contribution in [2.75, 3.05) is 7.05 Å². The summed E-state index contributed by atoms with van der Waals surface area (Å²) in [5.41, 5.74) is 1.11. The van der Waals surface area contributed by atoms with Crippen LogP contribution in [0.1, 0.15) is 50.9 Å². The summed E-state index contributed by atoms with van der Waals surface area (Å²) in [6.07, 6.45) is -2.34. The third-order valence-electron chi connectivity index (χ3n) is 5.17. The molecule has 0 spiro atoms. The summed E-state index contributed by atoms with van der Waals surface area (Å²) in [4.78, 5) is 21.6. The topological polar surface area (TPSA) is 66.9 Å². The zero-order chi connectivity index (χ0) is 24.2. The number of halogens is 4. The number of likely N-dealkylation sites (N-methyl/N-ethyl adjacent to an activating group) is 1. The number of alkyl halides is 3. The number of hydrogen-bond donors (Lipinski definition) is 2. The van der Waals surface area contributed by atoms with Crippen LogP contribution in [0.5, 0.6) is 0 Å². The smallest absolute Gasteiger partial charge is 0.358 e. The van der Waals surface area contributed by atoms with E-state index in [1.54, 1.807) is 12.1 Å². The average molecular weight is 481 g/mol. The Hall–Kier alpha value is -2.85. The molecule has 1 amide bonds. The fraction of sp³-hybridized carbons (Fsp3) is 0.348. The van der Waals surface area contributed by atoms with Crippen molar-refractivity contribution in [2.24, 2.45) is 0 Å². The summed E-state index contributed by atoms with van der Waals surface area (Å²) in [5, 5.41) is 6.84. The van der Waals surface area contributed by atoms with Gasteiger partial charge in [0.25, 0.3) is 0 Å². The number of carbonyl (C=O) groups excluding carboxylic acids is 1. The van der Waals surface area contributed by atoms with Crippen LogP contribution in [0, 0.1) is 19.7 Å². The lowest BCUT2D eigenvalue weighted by Gasteiger charge is -2.25. The molecule has 1 unspecified atom stereocenters. The number of aryl methyl sites for hydroxylation is 3. The molecule has 0 aliphatic carbocycles. The molecular weight excluding hydrogens is 456 g/mol. The van der Waals surface area contributed by atoms with E-state index in [4.69, 9.17) is 0 Å². The number of aromatic nitrogens is 2. The van der Waals surface area contributed by atoms with Crippen LogP contribution in [0.4, 0.5) is 17.6 Å². The third-order valence-corrected chi connectivity index (χ3v) is 6.36. The van der Waals surface area contributed by atoms with E-state index in [1.807, 2.05) is 13.8 Å². The van der Waals surface area contributed by atoms with Crippen LogP contribution in [-0.2, 0) is 17.4 Å². The van der Waals surface area contributed by atoms with Gasteiger partial charge in [-0.1, -0.05) is 18.2 Å². The minimum Gasteiger partial charge on any atom is -0.358 e. The quantitative estimate of drug-likeness (QED) is 0.442. The zero-order valence-corrected chi connectivity index (χ0v) is 19.1. The van der Waals surface area contributed by atoms with Gasteiger partial charge in [0, 0.05) is 24.2 Å². The van der Waals surface area contributed by atoms with Crippen molar-refractivity contribution >= 4 is 17.2 Å². The average Bonchev–Trinajstić information content (AvgIpc) is 3.11. The highest BCUT2D eigenvalue weighted by Crippen LogP contribution is 2.32. The fourth-order valence-electron chi connectivity index (χ4n) is 3.54. The van der Waals surface area contributed by atoms with Gasteiger partial charge in [-0.3, -0.25) is 15.1 Å². The first-order chi connectivity index (χ1) is 15.6. The molecule has 3 aromatic rings. The minimum atomic E-state index is -4.49. The van der Waals surface area contributed by atoms with Crippen LogP contribution in [0.3, 0.4) is 0 Å². The first-order valence-corrected chi connectivity index (χ1v) is 11.1. The summed E-state index contributed by atoms with van der Waals surface area (Å²) < 4.78 is 51.8. The Balaban J connectivity index is 1.86. The van der Waals surface area contributed by atoms with Gasteiger partial charge in [0.2, 0.25) is 5.91 Å². The number of rotatable bonds is 8. The molecule has 2 aromatic heterocycles. The Bertz CT molecular complexity index is 1080. The van der Waals surface area contributed by atoms with Gasteiger partial charge >= 0.3 is 6.18 Å². The Morgan fingerprint density at radius 1 is 1.12 bits per heavy atom. The molecule has 0 radical (unpaired) electrons. The first kappa shape index (κ1) is 24.8. The largest absolute Gasteiger partial charge is 0.433 e. The molecule has 0 saturated carbocycles. The van der Waals surface area contributed by atoms with Crippen molar-refractivity contribution in [3.8, 4) is 0 Å². The second-order valence-electron chi connectivity index (χ2n) is 7.59. The van der Waals surface area contributed by atoms with Gasteiger partial charge < -0.3 is 5.32 Å². The van der Waals surface area contributed by atoms with E-state index in [2.05, 4.69) is 20.6 Å². The number of hydrogen-bond acceptors (Lipinski definition) is 5. The molecule has 176 valence electrons. The van der Waals surface area contributed by atoms with Crippen molar-refractivity contribution in [1.82, 2.24) is 20.6 Å². The van der Waals surface area contributed by atoms with E-state index in [1.165, 1.54) is 42.8 Å². The highest BCUT2D eigenvalue weighted by atomic mass is 32.1. The lowest BCUT2D eigenvalue weighted by Crippen LogP contribution is -2.38. The van der Waals surface area contributed by atoms with Crippen molar-refractivity contribution in [2.45, 2.75) is 44.9 Å². The zero-order valence-electron chi connectivity index (χ0n) is 18.3. The number of nitrogens with one attached hydrogen (secondary N) is 2. The normalized spacial score (nSPS) is 13.5. The predicted molar refractivity (Wildman–Crippen MR) is 118 cm³/mol. The second kappa shape index (κ2) is 10.4. The summed E-state index contributed by atoms with van der Waals surface area (Å²) in [6.45, 7) is 3.76. The number of benzene rings is 1. The maximum atomic E-state index is 13.4. The molecule has 5 nitrogen and oxygen atoms in total. The molecule has 2 N–H and O–H groups in total. The second-order valence-corrected chi connectivity index (χ2v) is 8.82. The lowest BCUT2D eigenvalue weighted by atomic mass is 10.00. The Morgan fingerprint density at radius 3 is 2.33 bits per heavy atom. The molecule has 33 heavy (non-hydrogen) atoms. The molecule has 0 bridgehead atoms. The number of nitrogens with zero attached hydrogens (tertiary/aromatic N) is 2. The molecule has 1 aromatic carbocycles. The first-order valence-electron chi connectivity index (χ1n) is 10.3. The number of amides is 1. The maximum Gasteiger partial charge on any atom is 0.433 e. The van der Waals surface area contributed by atoms with Crippen LogP contribution in [0.25, 0.3) is 0 Å². The molecule has 2 heterocycles. The fourth-order valence-corrected chi connectivity index (χ4v) is 4.56. The molecule has 0 saturated heterocycles. The van der Waals surface area contributed by atoms with Crippen molar-refractivity contribution in [3.63, 3.8) is 0 Å².